The van der Waals surface area contributed by atoms with Gasteiger partial charge in [0, 0.05) is 18.7 Å². The van der Waals surface area contributed by atoms with E-state index in [1.165, 1.54) is 7.11 Å². The van der Waals surface area contributed by atoms with E-state index in [1.807, 2.05) is 38.1 Å². The van der Waals surface area contributed by atoms with Crippen LogP contribution in [0.2, 0.25) is 0 Å². The average Bonchev–Trinajstić information content (AvgIpc) is 2.37. The first-order valence-corrected chi connectivity index (χ1v) is 6.02. The van der Waals surface area contributed by atoms with Crippen molar-refractivity contribution in [3.8, 4) is 0 Å². The molecule has 1 aromatic rings. The van der Waals surface area contributed by atoms with Crippen LogP contribution in [0.4, 0.5) is 5.69 Å². The van der Waals surface area contributed by atoms with Crippen LogP contribution in [0.5, 0.6) is 0 Å². The summed E-state index contributed by atoms with van der Waals surface area (Å²) >= 11 is 0. The third kappa shape index (κ3) is 3.87. The number of hydrogen-bond donors (Lipinski definition) is 0. The zero-order valence-corrected chi connectivity index (χ0v) is 11.1. The Morgan fingerprint density at radius 1 is 1.28 bits per heavy atom. The van der Waals surface area contributed by atoms with Crippen LogP contribution in [0, 0.1) is 6.92 Å². The maximum absolute atomic E-state index is 12.0. The number of aryl methyl sites for hydroxylation is 1. The summed E-state index contributed by atoms with van der Waals surface area (Å²) in [6, 6.07) is 7.75. The van der Waals surface area contributed by atoms with Gasteiger partial charge in [-0.1, -0.05) is 12.1 Å². The molecule has 1 aromatic carbocycles. The number of nitrogens with zero attached hydrogens (tertiary/aromatic N) is 1. The summed E-state index contributed by atoms with van der Waals surface area (Å²) in [5.74, 6) is -0.419. The Hall–Kier alpha value is -1.84. The third-order valence-electron chi connectivity index (χ3n) is 2.70. The van der Waals surface area contributed by atoms with Crippen molar-refractivity contribution in [2.75, 3.05) is 18.6 Å². The van der Waals surface area contributed by atoms with Crippen LogP contribution in [-0.2, 0) is 14.3 Å². The average molecular weight is 249 g/mol. The van der Waals surface area contributed by atoms with Crippen molar-refractivity contribution >= 4 is 17.6 Å². The zero-order chi connectivity index (χ0) is 13.5. The number of esters is 1. The van der Waals surface area contributed by atoms with E-state index in [1.54, 1.807) is 4.90 Å². The number of benzene rings is 1. The maximum atomic E-state index is 12.0. The van der Waals surface area contributed by atoms with E-state index < -0.39 is 0 Å². The van der Waals surface area contributed by atoms with Crippen molar-refractivity contribution < 1.29 is 14.3 Å². The van der Waals surface area contributed by atoms with E-state index in [2.05, 4.69) is 4.74 Å². The van der Waals surface area contributed by atoms with E-state index in [0.717, 1.165) is 11.3 Å². The number of anilines is 1. The van der Waals surface area contributed by atoms with Gasteiger partial charge in [0.05, 0.1) is 13.5 Å². The Bertz CT molecular complexity index is 429. The largest absolute Gasteiger partial charge is 0.469 e. The molecule has 0 fully saturated rings. The quantitative estimate of drug-likeness (QED) is 0.752. The van der Waals surface area contributed by atoms with Gasteiger partial charge in [0.15, 0.2) is 0 Å². The van der Waals surface area contributed by atoms with Crippen molar-refractivity contribution in [3.05, 3.63) is 29.8 Å². The van der Waals surface area contributed by atoms with E-state index in [0.29, 0.717) is 6.54 Å². The van der Waals surface area contributed by atoms with Gasteiger partial charge in [-0.2, -0.15) is 0 Å². The van der Waals surface area contributed by atoms with Gasteiger partial charge in [-0.05, 0) is 31.5 Å². The number of methoxy groups -OCH3 is 1. The summed E-state index contributed by atoms with van der Waals surface area (Å²) in [4.78, 5) is 24.7. The fraction of sp³-hybridized carbons (Fsp3) is 0.429. The molecule has 0 unspecified atom stereocenters. The molecule has 0 spiro atoms. The van der Waals surface area contributed by atoms with Gasteiger partial charge in [0.2, 0.25) is 5.91 Å². The smallest absolute Gasteiger partial charge is 0.306 e. The molecule has 1 amide bonds. The van der Waals surface area contributed by atoms with E-state index >= 15 is 0 Å². The van der Waals surface area contributed by atoms with Crippen LogP contribution in [0.3, 0.4) is 0 Å². The first kappa shape index (κ1) is 14.2. The van der Waals surface area contributed by atoms with Gasteiger partial charge < -0.3 is 9.64 Å². The first-order valence-electron chi connectivity index (χ1n) is 6.02. The second-order valence-corrected chi connectivity index (χ2v) is 4.05. The third-order valence-corrected chi connectivity index (χ3v) is 2.70. The molecule has 4 nitrogen and oxygen atoms in total. The van der Waals surface area contributed by atoms with Crippen LogP contribution in [0.1, 0.15) is 25.3 Å². The van der Waals surface area contributed by atoms with Gasteiger partial charge in [-0.15, -0.1) is 0 Å². The summed E-state index contributed by atoms with van der Waals surface area (Å²) in [7, 11) is 1.32. The number of hydrogen-bond acceptors (Lipinski definition) is 3. The minimum atomic E-state index is -0.358. The maximum Gasteiger partial charge on any atom is 0.306 e. The Balaban J connectivity index is 2.71. The van der Waals surface area contributed by atoms with E-state index in [4.69, 9.17) is 0 Å². The summed E-state index contributed by atoms with van der Waals surface area (Å²) in [6.45, 7) is 4.48. The Labute approximate surface area is 108 Å². The summed E-state index contributed by atoms with van der Waals surface area (Å²) in [5, 5.41) is 0. The van der Waals surface area contributed by atoms with Crippen molar-refractivity contribution in [1.82, 2.24) is 0 Å². The van der Waals surface area contributed by atoms with Crippen molar-refractivity contribution in [1.29, 1.82) is 0 Å². The zero-order valence-electron chi connectivity index (χ0n) is 11.1. The lowest BCUT2D eigenvalue weighted by Crippen LogP contribution is -2.30. The normalized spacial score (nSPS) is 9.94. The monoisotopic (exact) mass is 249 g/mol. The number of amides is 1. The second kappa shape index (κ2) is 6.79. The Morgan fingerprint density at radius 2 is 2.00 bits per heavy atom. The molecule has 0 saturated carbocycles. The molecule has 0 N–H and O–H groups in total. The fourth-order valence-corrected chi connectivity index (χ4v) is 1.74. The highest BCUT2D eigenvalue weighted by Crippen LogP contribution is 2.17. The topological polar surface area (TPSA) is 46.6 Å². The second-order valence-electron chi connectivity index (χ2n) is 4.05. The Kier molecular flexibility index (Phi) is 5.36. The predicted octanol–water partition coefficient (Wildman–Crippen LogP) is 2.30. The predicted molar refractivity (Wildman–Crippen MR) is 70.5 cm³/mol. The number of rotatable bonds is 5. The summed E-state index contributed by atoms with van der Waals surface area (Å²) < 4.78 is 4.53. The molecule has 18 heavy (non-hydrogen) atoms. The first-order chi connectivity index (χ1) is 8.58. The van der Waals surface area contributed by atoms with Crippen molar-refractivity contribution in [2.24, 2.45) is 0 Å². The summed E-state index contributed by atoms with van der Waals surface area (Å²) in [5.41, 5.74) is 1.97. The Morgan fingerprint density at radius 3 is 2.56 bits per heavy atom. The molecule has 0 aromatic heterocycles. The molecular weight excluding hydrogens is 230 g/mol. The molecule has 0 aliphatic carbocycles. The van der Waals surface area contributed by atoms with Crippen molar-refractivity contribution in [2.45, 2.75) is 26.7 Å². The molecule has 0 saturated heterocycles. The van der Waals surface area contributed by atoms with Crippen molar-refractivity contribution in [3.63, 3.8) is 0 Å². The highest BCUT2D eigenvalue weighted by Gasteiger charge is 2.15. The number of carbonyl (C=O) groups excluding carboxylic acids is 2. The molecule has 0 aliphatic heterocycles. The SMILES string of the molecule is CCN(C(=O)CCC(=O)OC)c1cccc(C)c1. The van der Waals surface area contributed by atoms with Gasteiger partial charge >= 0.3 is 5.97 Å². The minimum Gasteiger partial charge on any atom is -0.469 e. The molecule has 98 valence electrons. The highest BCUT2D eigenvalue weighted by atomic mass is 16.5. The lowest BCUT2D eigenvalue weighted by Gasteiger charge is -2.21. The minimum absolute atomic E-state index is 0.0616. The molecule has 0 radical (unpaired) electrons. The molecule has 0 aliphatic rings. The van der Waals surface area contributed by atoms with Gasteiger partial charge in [-0.25, -0.2) is 0 Å². The fourth-order valence-electron chi connectivity index (χ4n) is 1.74. The molecule has 1 rings (SSSR count). The van der Waals surface area contributed by atoms with Crippen LogP contribution < -0.4 is 4.90 Å². The summed E-state index contributed by atoms with van der Waals surface area (Å²) in [6.07, 6.45) is 0.298. The van der Waals surface area contributed by atoms with Crippen LogP contribution in [0.25, 0.3) is 0 Å². The van der Waals surface area contributed by atoms with E-state index in [-0.39, 0.29) is 24.7 Å². The van der Waals surface area contributed by atoms with Gasteiger partial charge in [0.1, 0.15) is 0 Å². The van der Waals surface area contributed by atoms with Gasteiger partial charge in [-0.3, -0.25) is 9.59 Å². The standard InChI is InChI=1S/C14H19NO3/c1-4-15(12-7-5-6-11(2)10-12)13(16)8-9-14(17)18-3/h5-7,10H,4,8-9H2,1-3H3. The molecular formula is C14H19NO3. The molecule has 0 atom stereocenters. The van der Waals surface area contributed by atoms with E-state index in [9.17, 15) is 9.59 Å². The highest BCUT2D eigenvalue weighted by molar-refractivity contribution is 5.94. The lowest BCUT2D eigenvalue weighted by atomic mass is 10.2. The van der Waals surface area contributed by atoms with Crippen LogP contribution in [0.15, 0.2) is 24.3 Å². The lowest BCUT2D eigenvalue weighted by molar-refractivity contribution is -0.141. The van der Waals surface area contributed by atoms with Crippen LogP contribution in [-0.4, -0.2) is 25.5 Å². The molecule has 0 heterocycles. The van der Waals surface area contributed by atoms with Gasteiger partial charge in [0.25, 0.3) is 0 Å². The number of ether oxygens (including phenoxy) is 1. The van der Waals surface area contributed by atoms with Crippen LogP contribution >= 0.6 is 0 Å². The molecule has 4 heteroatoms. The molecule has 0 bridgehead atoms. The number of carbonyl (C=O) groups is 2.